The van der Waals surface area contributed by atoms with E-state index >= 15 is 0 Å². The lowest BCUT2D eigenvalue weighted by Gasteiger charge is -2.25. The molecule has 0 bridgehead atoms. The predicted molar refractivity (Wildman–Crippen MR) is 72.4 cm³/mol. The maximum atomic E-state index is 12.0. The van der Waals surface area contributed by atoms with Crippen LogP contribution in [0.5, 0.6) is 0 Å². The third-order valence-corrected chi connectivity index (χ3v) is 4.71. The Labute approximate surface area is 117 Å². The van der Waals surface area contributed by atoms with Gasteiger partial charge in [0, 0.05) is 25.8 Å². The average molecular weight is 299 g/mol. The molecule has 0 amide bonds. The number of aromatic nitrogens is 1. The molecular weight excluding hydrogens is 282 g/mol. The van der Waals surface area contributed by atoms with Crippen molar-refractivity contribution in [2.45, 2.75) is 25.8 Å². The molecule has 1 saturated heterocycles. The molecule has 1 fully saturated rings. The molecule has 1 aliphatic heterocycles. The minimum atomic E-state index is -3.47. The van der Waals surface area contributed by atoms with Crippen molar-refractivity contribution < 1.29 is 18.3 Å². The van der Waals surface area contributed by atoms with E-state index in [2.05, 4.69) is 9.71 Å². The van der Waals surface area contributed by atoms with Crippen LogP contribution in [0.1, 0.15) is 35.3 Å². The summed E-state index contributed by atoms with van der Waals surface area (Å²) in [6, 6.07) is 2.90. The number of pyridine rings is 1. The first-order valence-electron chi connectivity index (χ1n) is 6.42. The van der Waals surface area contributed by atoms with Crippen molar-refractivity contribution in [3.05, 3.63) is 29.6 Å². The summed E-state index contributed by atoms with van der Waals surface area (Å²) >= 11 is 0. The Bertz CT molecular complexity index is 565. The number of aromatic carboxylic acids is 1. The number of carboxylic acid groups (broad SMARTS) is 1. The summed E-state index contributed by atoms with van der Waals surface area (Å²) in [6.07, 6.45) is 4.19. The molecule has 2 rings (SSSR count). The van der Waals surface area contributed by atoms with Gasteiger partial charge in [0.05, 0.1) is 0 Å². The second-order valence-corrected chi connectivity index (χ2v) is 6.40. The number of carbonyl (C=O) groups is 1. The van der Waals surface area contributed by atoms with Gasteiger partial charge in [-0.05, 0) is 24.5 Å². The number of carboxylic acids is 1. The highest BCUT2D eigenvalue weighted by molar-refractivity contribution is 7.87. The maximum Gasteiger partial charge on any atom is 0.354 e. The smallest absolute Gasteiger partial charge is 0.354 e. The molecule has 0 spiro atoms. The van der Waals surface area contributed by atoms with Gasteiger partial charge in [-0.2, -0.15) is 17.4 Å². The zero-order valence-electron chi connectivity index (χ0n) is 10.9. The summed E-state index contributed by atoms with van der Waals surface area (Å²) in [4.78, 5) is 14.4. The van der Waals surface area contributed by atoms with Gasteiger partial charge < -0.3 is 5.11 Å². The summed E-state index contributed by atoms with van der Waals surface area (Å²) in [7, 11) is -3.47. The van der Waals surface area contributed by atoms with Crippen LogP contribution >= 0.6 is 0 Å². The van der Waals surface area contributed by atoms with Crippen molar-refractivity contribution in [2.75, 3.05) is 13.1 Å². The topological polar surface area (TPSA) is 99.6 Å². The lowest BCUT2D eigenvalue weighted by atomic mass is 10.2. The number of nitrogens with zero attached hydrogens (tertiary/aromatic N) is 2. The van der Waals surface area contributed by atoms with E-state index in [4.69, 9.17) is 5.11 Å². The largest absolute Gasteiger partial charge is 0.477 e. The number of hydrogen-bond acceptors (Lipinski definition) is 4. The fourth-order valence-electron chi connectivity index (χ4n) is 2.03. The Morgan fingerprint density at radius 2 is 2.00 bits per heavy atom. The maximum absolute atomic E-state index is 12.0. The van der Waals surface area contributed by atoms with E-state index in [9.17, 15) is 13.2 Å². The van der Waals surface area contributed by atoms with E-state index < -0.39 is 16.2 Å². The molecular formula is C12H17N3O4S. The van der Waals surface area contributed by atoms with Crippen LogP contribution in [0.15, 0.2) is 18.3 Å². The van der Waals surface area contributed by atoms with E-state index in [0.717, 1.165) is 19.3 Å². The molecule has 0 radical (unpaired) electrons. The number of nitrogens with one attached hydrogen (secondary N) is 1. The van der Waals surface area contributed by atoms with Crippen molar-refractivity contribution in [2.24, 2.45) is 0 Å². The van der Waals surface area contributed by atoms with Gasteiger partial charge in [0.2, 0.25) is 0 Å². The highest BCUT2D eigenvalue weighted by Gasteiger charge is 2.23. The van der Waals surface area contributed by atoms with Crippen LogP contribution in [-0.4, -0.2) is 41.9 Å². The molecule has 0 aliphatic carbocycles. The molecule has 0 aromatic carbocycles. The standard InChI is InChI=1S/C12H17N3O4S/c16-12(17)11-5-4-10(8-13-11)9-14-20(18,19)15-6-2-1-3-7-15/h4-5,8,14H,1-3,6-7,9H2,(H,16,17). The van der Waals surface area contributed by atoms with Crippen molar-refractivity contribution in [3.8, 4) is 0 Å². The Morgan fingerprint density at radius 1 is 1.30 bits per heavy atom. The first kappa shape index (κ1) is 14.9. The number of hydrogen-bond donors (Lipinski definition) is 2. The number of piperidine rings is 1. The van der Waals surface area contributed by atoms with Gasteiger partial charge in [-0.25, -0.2) is 9.78 Å². The van der Waals surface area contributed by atoms with Crippen molar-refractivity contribution in [3.63, 3.8) is 0 Å². The third-order valence-electron chi connectivity index (χ3n) is 3.16. The van der Waals surface area contributed by atoms with E-state index in [1.165, 1.54) is 16.6 Å². The molecule has 110 valence electrons. The first-order valence-corrected chi connectivity index (χ1v) is 7.86. The highest BCUT2D eigenvalue weighted by atomic mass is 32.2. The lowest BCUT2D eigenvalue weighted by molar-refractivity contribution is 0.0690. The van der Waals surface area contributed by atoms with E-state index in [1.807, 2.05) is 0 Å². The second kappa shape index (κ2) is 6.29. The Hall–Kier alpha value is -1.51. The molecule has 0 atom stereocenters. The lowest BCUT2D eigenvalue weighted by Crippen LogP contribution is -2.43. The van der Waals surface area contributed by atoms with Crippen LogP contribution in [0.4, 0.5) is 0 Å². The molecule has 1 aromatic rings. The Morgan fingerprint density at radius 3 is 2.55 bits per heavy atom. The fraction of sp³-hybridized carbons (Fsp3) is 0.500. The molecule has 2 heterocycles. The summed E-state index contributed by atoms with van der Waals surface area (Å²) in [5, 5.41) is 8.72. The van der Waals surface area contributed by atoms with E-state index in [1.54, 1.807) is 6.07 Å². The van der Waals surface area contributed by atoms with E-state index in [0.29, 0.717) is 18.7 Å². The summed E-state index contributed by atoms with van der Waals surface area (Å²) in [6.45, 7) is 1.20. The van der Waals surface area contributed by atoms with Crippen LogP contribution in [0.2, 0.25) is 0 Å². The molecule has 8 heteroatoms. The van der Waals surface area contributed by atoms with Crippen molar-refractivity contribution in [1.29, 1.82) is 0 Å². The fourth-order valence-corrected chi connectivity index (χ4v) is 3.30. The summed E-state index contributed by atoms with van der Waals surface area (Å²) in [5.74, 6) is -1.11. The predicted octanol–water partition coefficient (Wildman–Crippen LogP) is 0.600. The molecule has 7 nitrogen and oxygen atoms in total. The second-order valence-electron chi connectivity index (χ2n) is 4.64. The van der Waals surface area contributed by atoms with Gasteiger partial charge in [0.1, 0.15) is 5.69 Å². The normalized spacial score (nSPS) is 17.0. The van der Waals surface area contributed by atoms with Gasteiger partial charge >= 0.3 is 5.97 Å². The summed E-state index contributed by atoms with van der Waals surface area (Å²) in [5.41, 5.74) is 0.559. The Balaban J connectivity index is 1.95. The monoisotopic (exact) mass is 299 g/mol. The van der Waals surface area contributed by atoms with Crippen molar-refractivity contribution >= 4 is 16.2 Å². The molecule has 2 N–H and O–H groups in total. The zero-order chi connectivity index (χ0) is 14.6. The van der Waals surface area contributed by atoms with Gasteiger partial charge in [-0.15, -0.1) is 0 Å². The molecule has 0 unspecified atom stereocenters. The van der Waals surface area contributed by atoms with Gasteiger partial charge in [-0.3, -0.25) is 0 Å². The number of rotatable bonds is 5. The van der Waals surface area contributed by atoms with Gasteiger partial charge in [0.25, 0.3) is 10.2 Å². The zero-order valence-corrected chi connectivity index (χ0v) is 11.8. The highest BCUT2D eigenvalue weighted by Crippen LogP contribution is 2.12. The van der Waals surface area contributed by atoms with Gasteiger partial charge in [-0.1, -0.05) is 12.5 Å². The van der Waals surface area contributed by atoms with E-state index in [-0.39, 0.29) is 12.2 Å². The molecule has 20 heavy (non-hydrogen) atoms. The van der Waals surface area contributed by atoms with Crippen LogP contribution in [0, 0.1) is 0 Å². The average Bonchev–Trinajstić information content (AvgIpc) is 2.46. The first-order chi connectivity index (χ1) is 9.49. The minimum absolute atomic E-state index is 0.0624. The third kappa shape index (κ3) is 3.75. The minimum Gasteiger partial charge on any atom is -0.477 e. The molecule has 1 aromatic heterocycles. The van der Waals surface area contributed by atoms with Crippen molar-refractivity contribution in [1.82, 2.24) is 14.0 Å². The van der Waals surface area contributed by atoms with Crippen LogP contribution in [-0.2, 0) is 16.8 Å². The van der Waals surface area contributed by atoms with Crippen LogP contribution in [0.3, 0.4) is 0 Å². The van der Waals surface area contributed by atoms with Gasteiger partial charge in [0.15, 0.2) is 0 Å². The molecule has 1 aliphatic rings. The van der Waals surface area contributed by atoms with Crippen LogP contribution in [0.25, 0.3) is 0 Å². The quantitative estimate of drug-likeness (QED) is 0.829. The molecule has 0 saturated carbocycles. The Kier molecular flexibility index (Phi) is 4.69. The summed E-state index contributed by atoms with van der Waals surface area (Å²) < 4.78 is 28.0. The van der Waals surface area contributed by atoms with Crippen LogP contribution < -0.4 is 4.72 Å². The SMILES string of the molecule is O=C(O)c1ccc(CNS(=O)(=O)N2CCCCC2)cn1.